The number of aliphatic hydroxyl groups is 5. The molecule has 0 unspecified atom stereocenters. The van der Waals surface area contributed by atoms with Crippen LogP contribution in [0.3, 0.4) is 0 Å². The largest absolute Gasteiger partial charge is 0.462 e. The average Bonchev–Trinajstić information content (AvgIpc) is 2.84. The molecule has 0 radical (unpaired) electrons. The molecule has 2 aliphatic heterocycles. The lowest BCUT2D eigenvalue weighted by atomic mass is 9.75. The van der Waals surface area contributed by atoms with Gasteiger partial charge >= 0.3 is 5.97 Å². The van der Waals surface area contributed by atoms with Crippen molar-refractivity contribution in [3.8, 4) is 0 Å². The summed E-state index contributed by atoms with van der Waals surface area (Å²) < 4.78 is 17.8. The fraction of sp³-hybridized carbons (Fsp3) is 0.929. The Balaban J connectivity index is 2.49. The molecule has 38 heavy (non-hydrogen) atoms. The van der Waals surface area contributed by atoms with E-state index in [0.717, 1.165) is 0 Å². The van der Waals surface area contributed by atoms with Gasteiger partial charge in [0.1, 0.15) is 18.0 Å². The molecule has 0 aromatic rings. The predicted molar refractivity (Wildman–Crippen MR) is 139 cm³/mol. The van der Waals surface area contributed by atoms with Gasteiger partial charge in [0.2, 0.25) is 0 Å². The Bertz CT molecular complexity index is 813. The Kier molecular flexibility index (Phi) is 10.9. The van der Waals surface area contributed by atoms with Crippen molar-refractivity contribution in [2.24, 2.45) is 29.6 Å². The first-order valence-electron chi connectivity index (χ1n) is 13.9. The van der Waals surface area contributed by atoms with Crippen LogP contribution in [0, 0.1) is 29.6 Å². The molecule has 0 saturated carbocycles. The third kappa shape index (κ3) is 7.13. The summed E-state index contributed by atoms with van der Waals surface area (Å²) in [5, 5.41) is 54.5. The van der Waals surface area contributed by atoms with Crippen LogP contribution < -0.4 is 0 Å². The first kappa shape index (κ1) is 33.1. The maximum absolute atomic E-state index is 13.4. The van der Waals surface area contributed by atoms with Crippen molar-refractivity contribution in [3.05, 3.63) is 0 Å². The number of Topliss-reactive ketones (excluding diaryl/α,β-unsaturated/α-hetero) is 1. The van der Waals surface area contributed by atoms with Gasteiger partial charge in [0, 0.05) is 30.1 Å². The molecule has 2 fully saturated rings. The maximum atomic E-state index is 13.4. The van der Waals surface area contributed by atoms with Crippen LogP contribution >= 0.6 is 0 Å². The van der Waals surface area contributed by atoms with E-state index in [1.807, 2.05) is 6.92 Å². The summed E-state index contributed by atoms with van der Waals surface area (Å²) in [6, 6.07) is 0. The number of esters is 1. The van der Waals surface area contributed by atoms with E-state index >= 15 is 0 Å². The van der Waals surface area contributed by atoms with Gasteiger partial charge in [-0.1, -0.05) is 34.6 Å². The van der Waals surface area contributed by atoms with Gasteiger partial charge in [-0.15, -0.1) is 0 Å². The smallest absolute Gasteiger partial charge is 0.311 e. The van der Waals surface area contributed by atoms with Crippen molar-refractivity contribution in [1.29, 1.82) is 0 Å². The Hall–Kier alpha value is -1.14. The van der Waals surface area contributed by atoms with Crippen LogP contribution in [-0.2, 0) is 23.8 Å². The Morgan fingerprint density at radius 3 is 1.95 bits per heavy atom. The molecule has 2 saturated heterocycles. The van der Waals surface area contributed by atoms with E-state index in [9.17, 15) is 35.1 Å². The van der Waals surface area contributed by atoms with Gasteiger partial charge in [-0.2, -0.15) is 0 Å². The number of ether oxygens (including phenoxy) is 3. The third-order valence-electron chi connectivity index (χ3n) is 8.82. The highest BCUT2D eigenvalue weighted by Crippen LogP contribution is 2.37. The Morgan fingerprint density at radius 1 is 0.868 bits per heavy atom. The first-order valence-corrected chi connectivity index (χ1v) is 13.9. The van der Waals surface area contributed by atoms with E-state index in [-0.39, 0.29) is 18.6 Å². The second-order valence-corrected chi connectivity index (χ2v) is 12.4. The lowest BCUT2D eigenvalue weighted by Gasteiger charge is -2.45. The standard InChI is InChI=1S/C28H50O10/c1-10-19-14(3)22(30)15(4)21(29)13(2)11-27(8,34)24(31)16(5)23(17(6)26(33)37-19)38-20-12-28(9,35)25(32)18(7)36-20/h13-20,22-25,30-32,34-35H,10-12H2,1-9H3/t13-,14+,15-,16-,17+,18+,19+,20-,22+,23+,24-,25-,27-,28-/m1/s1. The summed E-state index contributed by atoms with van der Waals surface area (Å²) in [5.41, 5.74) is -3.24. The number of hydrogen-bond donors (Lipinski definition) is 5. The quantitative estimate of drug-likeness (QED) is 0.328. The van der Waals surface area contributed by atoms with Crippen LogP contribution in [0.5, 0.6) is 0 Å². The number of carbonyl (C=O) groups is 2. The number of ketones is 1. The van der Waals surface area contributed by atoms with Gasteiger partial charge in [0.05, 0.1) is 41.5 Å². The van der Waals surface area contributed by atoms with E-state index in [0.29, 0.717) is 6.42 Å². The first-order chi connectivity index (χ1) is 17.3. The summed E-state index contributed by atoms with van der Waals surface area (Å²) in [6.45, 7) is 14.6. The summed E-state index contributed by atoms with van der Waals surface area (Å²) >= 11 is 0. The second kappa shape index (κ2) is 12.6. The molecule has 222 valence electrons. The number of aliphatic hydroxyl groups excluding tert-OH is 3. The van der Waals surface area contributed by atoms with Crippen LogP contribution in [0.2, 0.25) is 0 Å². The van der Waals surface area contributed by atoms with Gasteiger partial charge in [-0.05, 0) is 40.5 Å². The molecule has 5 N–H and O–H groups in total. The van der Waals surface area contributed by atoms with Crippen LogP contribution in [0.15, 0.2) is 0 Å². The molecule has 0 bridgehead atoms. The molecule has 0 aliphatic carbocycles. The Morgan fingerprint density at radius 2 is 1.42 bits per heavy atom. The topological polar surface area (TPSA) is 163 Å². The normalized spacial score (nSPS) is 50.3. The van der Waals surface area contributed by atoms with Crippen molar-refractivity contribution >= 4 is 11.8 Å². The van der Waals surface area contributed by atoms with Gasteiger partial charge in [-0.25, -0.2) is 0 Å². The second-order valence-electron chi connectivity index (χ2n) is 12.4. The van der Waals surface area contributed by atoms with E-state index < -0.39 is 89.7 Å². The average molecular weight is 547 g/mol. The molecule has 0 aromatic heterocycles. The van der Waals surface area contributed by atoms with Crippen molar-refractivity contribution < 1.29 is 49.3 Å². The summed E-state index contributed by atoms with van der Waals surface area (Å²) in [5.74, 6) is -4.59. The molecular weight excluding hydrogens is 496 g/mol. The highest BCUT2D eigenvalue weighted by atomic mass is 16.7. The molecule has 0 amide bonds. The van der Waals surface area contributed by atoms with Crippen LogP contribution in [0.1, 0.15) is 81.6 Å². The minimum absolute atomic E-state index is 0.0661. The number of cyclic esters (lactones) is 1. The van der Waals surface area contributed by atoms with Gasteiger partial charge in [0.15, 0.2) is 6.29 Å². The number of carbonyl (C=O) groups excluding carboxylic acids is 2. The predicted octanol–water partition coefficient (Wildman–Crippen LogP) is 1.57. The number of hydrogen-bond acceptors (Lipinski definition) is 10. The van der Waals surface area contributed by atoms with E-state index in [1.54, 1.807) is 41.5 Å². The highest BCUT2D eigenvalue weighted by Gasteiger charge is 2.49. The monoisotopic (exact) mass is 546 g/mol. The molecule has 0 aromatic carbocycles. The van der Waals surface area contributed by atoms with Crippen molar-refractivity contribution in [1.82, 2.24) is 0 Å². The highest BCUT2D eigenvalue weighted by molar-refractivity contribution is 5.83. The zero-order valence-electron chi connectivity index (χ0n) is 24.3. The van der Waals surface area contributed by atoms with Gasteiger partial charge in [-0.3, -0.25) is 9.59 Å². The minimum Gasteiger partial charge on any atom is -0.462 e. The molecule has 2 heterocycles. The van der Waals surface area contributed by atoms with Crippen molar-refractivity contribution in [2.75, 3.05) is 0 Å². The molecule has 0 spiro atoms. The maximum Gasteiger partial charge on any atom is 0.311 e. The van der Waals surface area contributed by atoms with Gasteiger partial charge < -0.3 is 39.7 Å². The molecular formula is C28H50O10. The zero-order valence-corrected chi connectivity index (χ0v) is 24.3. The molecule has 2 rings (SSSR count). The Labute approximate surface area is 226 Å². The van der Waals surface area contributed by atoms with E-state index in [2.05, 4.69) is 0 Å². The number of rotatable bonds is 3. The molecule has 14 atom stereocenters. The van der Waals surface area contributed by atoms with E-state index in [1.165, 1.54) is 13.8 Å². The SMILES string of the molecule is CC[C@@H]1OC(=O)[C@@H](C)[C@@H](O[C@@H]2C[C@@](C)(O)[C@H](O)[C@H](C)O2)[C@@H](C)[C@@H](O)[C@](C)(O)C[C@@H](C)C(=O)[C@@H](C)[C@@H](O)[C@H]1C. The van der Waals surface area contributed by atoms with E-state index in [4.69, 9.17) is 14.2 Å². The fourth-order valence-electron chi connectivity index (χ4n) is 6.11. The van der Waals surface area contributed by atoms with Crippen molar-refractivity contribution in [3.63, 3.8) is 0 Å². The lowest BCUT2D eigenvalue weighted by molar-refractivity contribution is -0.295. The van der Waals surface area contributed by atoms with Crippen LogP contribution in [-0.4, -0.2) is 91.4 Å². The molecule has 2 aliphatic rings. The minimum atomic E-state index is -1.73. The molecule has 10 nitrogen and oxygen atoms in total. The van der Waals surface area contributed by atoms with Crippen LogP contribution in [0.4, 0.5) is 0 Å². The zero-order chi connectivity index (χ0) is 29.3. The van der Waals surface area contributed by atoms with Gasteiger partial charge in [0.25, 0.3) is 0 Å². The van der Waals surface area contributed by atoms with Crippen molar-refractivity contribution in [2.45, 2.75) is 136 Å². The third-order valence-corrected chi connectivity index (χ3v) is 8.82. The lowest BCUT2D eigenvalue weighted by Crippen LogP contribution is -2.57. The summed E-state index contributed by atoms with van der Waals surface area (Å²) in [4.78, 5) is 26.5. The summed E-state index contributed by atoms with van der Waals surface area (Å²) in [7, 11) is 0. The summed E-state index contributed by atoms with van der Waals surface area (Å²) in [6.07, 6.45) is -6.81. The molecule has 10 heteroatoms. The van der Waals surface area contributed by atoms with Crippen LogP contribution in [0.25, 0.3) is 0 Å². The fourth-order valence-corrected chi connectivity index (χ4v) is 6.11.